The molecule has 0 heterocycles. The first kappa shape index (κ1) is 43.5. The second kappa shape index (κ2) is 16.3. The van der Waals surface area contributed by atoms with Crippen LogP contribution in [-0.2, 0) is 0 Å². The molecule has 0 aliphatic carbocycles. The zero-order valence-corrected chi connectivity index (χ0v) is 28.1. The third-order valence-electron chi connectivity index (χ3n) is 8.43. The van der Waals surface area contributed by atoms with Crippen LogP contribution in [0.5, 0.6) is 0 Å². The first-order valence-corrected chi connectivity index (χ1v) is 16.0. The van der Waals surface area contributed by atoms with Crippen molar-refractivity contribution in [3.05, 3.63) is 177 Å². The smallest absolute Gasteiger partial charge is 0.200 e. The van der Waals surface area contributed by atoms with Gasteiger partial charge in [-0.1, -0.05) is 48.2 Å². The molecule has 0 saturated carbocycles. The maximum absolute atomic E-state index is 15.4. The average molecular weight is 865 g/mol. The van der Waals surface area contributed by atoms with Crippen LogP contribution in [0.25, 0.3) is 0 Å². The summed E-state index contributed by atoms with van der Waals surface area (Å²) in [4.78, 5) is 2.57. The molecule has 0 saturated heterocycles. The summed E-state index contributed by atoms with van der Waals surface area (Å²) in [7, 11) is 0. The largest absolute Gasteiger partial charge is 0.207 e. The highest BCUT2D eigenvalue weighted by molar-refractivity contribution is 7.99. The summed E-state index contributed by atoms with van der Waals surface area (Å²) in [6, 6.07) is 20.8. The maximum atomic E-state index is 15.4. The van der Waals surface area contributed by atoms with Crippen molar-refractivity contribution in [2.24, 2.45) is 0 Å². The first-order valence-electron chi connectivity index (χ1n) is 15.2. The Bertz CT molecular complexity index is 2170. The minimum Gasteiger partial charge on any atom is -0.207 e. The lowest BCUT2D eigenvalue weighted by atomic mass is 9.12. The summed E-state index contributed by atoms with van der Waals surface area (Å²) in [6.07, 6.45) is -7.22. The Morgan fingerprint density at radius 2 is 0.379 bits per heavy atom. The fraction of sp³-hybridized carbons (Fsp3) is 0. The van der Waals surface area contributed by atoms with E-state index in [0.717, 1.165) is 0 Å². The van der Waals surface area contributed by atoms with E-state index in [1.54, 1.807) is 11.8 Å². The SMILES string of the molecule is Fc1c(F)c(F)c([B-](c2c(F)c(F)c(F)c(F)c2F)(c2c(F)c(F)c(F)c(F)c2F)c2c(F)c(F)c(F)c(F)c2F)c(F)c1F.c1ccc(Sc2ccccc2)cc1. The van der Waals surface area contributed by atoms with Crippen molar-refractivity contribution in [2.45, 2.75) is 9.79 Å². The van der Waals surface area contributed by atoms with E-state index >= 15 is 35.1 Å². The fourth-order valence-electron chi connectivity index (χ4n) is 5.99. The molecule has 0 fully saturated rings. The molecule has 0 aliphatic rings. The van der Waals surface area contributed by atoms with Gasteiger partial charge in [-0.15, -0.1) is 21.9 Å². The van der Waals surface area contributed by atoms with E-state index < -0.39 is 144 Å². The molecular weight excluding hydrogens is 855 g/mol. The number of benzene rings is 6. The molecule has 0 N–H and O–H groups in total. The van der Waals surface area contributed by atoms with Crippen molar-refractivity contribution in [3.8, 4) is 0 Å². The molecule has 22 heteroatoms. The molecule has 0 radical (unpaired) electrons. The van der Waals surface area contributed by atoms with Crippen LogP contribution in [0.1, 0.15) is 0 Å². The molecule has 0 unspecified atom stereocenters. The van der Waals surface area contributed by atoms with E-state index in [1.807, 2.05) is 12.1 Å². The van der Waals surface area contributed by atoms with Crippen molar-refractivity contribution in [3.63, 3.8) is 0 Å². The molecule has 58 heavy (non-hydrogen) atoms. The lowest BCUT2D eigenvalue weighted by molar-refractivity contribution is 0.378. The minimum absolute atomic E-state index is 1.29. The molecular formula is C36H10BF20S-. The molecule has 0 aromatic heterocycles. The summed E-state index contributed by atoms with van der Waals surface area (Å²) in [5, 5.41) is 0. The van der Waals surface area contributed by atoms with Gasteiger partial charge in [-0.05, 0) is 24.3 Å². The van der Waals surface area contributed by atoms with Crippen LogP contribution >= 0.6 is 11.8 Å². The highest BCUT2D eigenvalue weighted by atomic mass is 32.2. The Hall–Kier alpha value is -5.67. The Kier molecular flexibility index (Phi) is 12.2. The van der Waals surface area contributed by atoms with Crippen molar-refractivity contribution in [2.75, 3.05) is 0 Å². The summed E-state index contributed by atoms with van der Waals surface area (Å²) in [5.74, 6) is -71.4. The summed E-state index contributed by atoms with van der Waals surface area (Å²) in [6.45, 7) is 0. The normalized spacial score (nSPS) is 11.5. The molecule has 304 valence electrons. The highest BCUT2D eigenvalue weighted by Crippen LogP contribution is 2.31. The van der Waals surface area contributed by atoms with Gasteiger partial charge in [0, 0.05) is 9.79 Å². The number of halogens is 20. The van der Waals surface area contributed by atoms with Gasteiger partial charge in [-0.3, -0.25) is 0 Å². The molecule has 0 bridgehead atoms. The standard InChI is InChI=1S/C24BF20.C12H10S/c26-5-1(6(27)14(35)21(42)13(5)34)25(2-7(28)15(36)22(43)16(37)8(2)29,3-9(30)17(38)23(44)18(39)10(3)31)4-11(32)19(40)24(45)20(41)12(4)33;1-3-7-11(8-4-1)13-12-9-5-2-6-10-12/h;1-10H/q-1;. The second-order valence-corrected chi connectivity index (χ2v) is 12.7. The Morgan fingerprint density at radius 1 is 0.224 bits per heavy atom. The molecule has 0 nitrogen and oxygen atoms in total. The minimum atomic E-state index is -7.22. The molecule has 6 aromatic rings. The molecule has 0 atom stereocenters. The second-order valence-electron chi connectivity index (χ2n) is 11.5. The predicted octanol–water partition coefficient (Wildman–Crippen LogP) is 9.68. The van der Waals surface area contributed by atoms with E-state index in [9.17, 15) is 52.7 Å². The number of hydrogen-bond acceptors (Lipinski definition) is 1. The average Bonchev–Trinajstić information content (AvgIpc) is 3.21. The van der Waals surface area contributed by atoms with Crippen molar-refractivity contribution >= 4 is 39.8 Å². The Morgan fingerprint density at radius 3 is 0.552 bits per heavy atom. The van der Waals surface area contributed by atoms with Gasteiger partial charge in [0.25, 0.3) is 0 Å². The van der Waals surface area contributed by atoms with Crippen LogP contribution in [0.2, 0.25) is 0 Å². The van der Waals surface area contributed by atoms with E-state index in [4.69, 9.17) is 0 Å². The van der Waals surface area contributed by atoms with Crippen molar-refractivity contribution in [1.29, 1.82) is 0 Å². The van der Waals surface area contributed by atoms with Crippen LogP contribution in [0.4, 0.5) is 87.8 Å². The lowest BCUT2D eigenvalue weighted by Gasteiger charge is -2.44. The van der Waals surface area contributed by atoms with Gasteiger partial charge in [-0.2, -0.15) is 0 Å². The van der Waals surface area contributed by atoms with Crippen LogP contribution in [0.3, 0.4) is 0 Å². The summed E-state index contributed by atoms with van der Waals surface area (Å²) < 4.78 is 294. The summed E-state index contributed by atoms with van der Waals surface area (Å²) >= 11 is 1.79. The van der Waals surface area contributed by atoms with Crippen molar-refractivity contribution in [1.82, 2.24) is 0 Å². The van der Waals surface area contributed by atoms with Gasteiger partial charge >= 0.3 is 0 Å². The van der Waals surface area contributed by atoms with Crippen LogP contribution < -0.4 is 21.9 Å². The Labute approximate surface area is 314 Å². The molecule has 0 amide bonds. The zero-order chi connectivity index (χ0) is 43.3. The molecule has 0 spiro atoms. The van der Waals surface area contributed by atoms with Gasteiger partial charge in [0.2, 0.25) is 0 Å². The molecule has 0 aliphatic heterocycles. The molecule has 6 aromatic carbocycles. The van der Waals surface area contributed by atoms with E-state index in [2.05, 4.69) is 48.5 Å². The van der Waals surface area contributed by atoms with E-state index in [-0.39, 0.29) is 0 Å². The first-order chi connectivity index (χ1) is 27.2. The lowest BCUT2D eigenvalue weighted by Crippen LogP contribution is -2.81. The topological polar surface area (TPSA) is 0 Å². The van der Waals surface area contributed by atoms with Gasteiger partial charge < -0.3 is 0 Å². The third-order valence-corrected chi connectivity index (χ3v) is 9.44. The van der Waals surface area contributed by atoms with Gasteiger partial charge in [0.15, 0.2) is 69.8 Å². The van der Waals surface area contributed by atoms with Crippen LogP contribution in [0, 0.1) is 116 Å². The maximum Gasteiger partial charge on any atom is 0.200 e. The number of hydrogen-bond donors (Lipinski definition) is 0. The zero-order valence-electron chi connectivity index (χ0n) is 27.3. The van der Waals surface area contributed by atoms with Gasteiger partial charge in [0.1, 0.15) is 52.7 Å². The van der Waals surface area contributed by atoms with Crippen molar-refractivity contribution < 1.29 is 87.8 Å². The Balaban J connectivity index is 0.000000414. The quantitative estimate of drug-likeness (QED) is 0.0696. The van der Waals surface area contributed by atoms with Crippen LogP contribution in [-0.4, -0.2) is 6.15 Å². The predicted molar refractivity (Wildman–Crippen MR) is 166 cm³/mol. The van der Waals surface area contributed by atoms with E-state index in [0.29, 0.717) is 0 Å². The van der Waals surface area contributed by atoms with Gasteiger partial charge in [0.05, 0.1) is 0 Å². The van der Waals surface area contributed by atoms with E-state index in [1.165, 1.54) is 9.79 Å². The van der Waals surface area contributed by atoms with Gasteiger partial charge in [-0.25, -0.2) is 87.8 Å². The number of rotatable bonds is 6. The monoisotopic (exact) mass is 865 g/mol. The fourth-order valence-corrected chi connectivity index (χ4v) is 6.85. The molecule has 6 rings (SSSR count). The third kappa shape index (κ3) is 6.79. The van der Waals surface area contributed by atoms with Crippen LogP contribution in [0.15, 0.2) is 70.5 Å². The summed E-state index contributed by atoms with van der Waals surface area (Å²) in [5.41, 5.74) is -14.3. The highest BCUT2D eigenvalue weighted by Gasteiger charge is 2.52.